The summed E-state index contributed by atoms with van der Waals surface area (Å²) in [7, 11) is -3.34. The molecule has 2 aliphatic rings. The quantitative estimate of drug-likeness (QED) is 0.666. The Morgan fingerprint density at radius 1 is 1.13 bits per heavy atom. The summed E-state index contributed by atoms with van der Waals surface area (Å²) < 4.78 is 37.6. The maximum atomic E-state index is 12.6. The largest absolute Gasteiger partial charge is 0.420 e. The van der Waals surface area contributed by atoms with Crippen molar-refractivity contribution in [2.75, 3.05) is 25.4 Å². The minimum Gasteiger partial charge on any atom is -0.408 e. The number of piperidine rings is 1. The minimum atomic E-state index is -3.34. The SMILES string of the molecule is CCOC1CCC(C)(N2CCC(n3c(=O)oc4ccc(S(=O)(=O)CC)cc43)CC2)CC1. The van der Waals surface area contributed by atoms with Gasteiger partial charge in [0.25, 0.3) is 0 Å². The van der Waals surface area contributed by atoms with Gasteiger partial charge in [-0.15, -0.1) is 0 Å². The fourth-order valence-electron chi connectivity index (χ4n) is 5.31. The van der Waals surface area contributed by atoms with Gasteiger partial charge in [0.15, 0.2) is 15.4 Å². The van der Waals surface area contributed by atoms with Gasteiger partial charge in [-0.2, -0.15) is 0 Å². The Morgan fingerprint density at radius 2 is 1.81 bits per heavy atom. The van der Waals surface area contributed by atoms with Crippen molar-refractivity contribution < 1.29 is 17.6 Å². The Hall–Kier alpha value is -1.64. The molecule has 31 heavy (non-hydrogen) atoms. The van der Waals surface area contributed by atoms with Crippen LogP contribution in [0.3, 0.4) is 0 Å². The summed E-state index contributed by atoms with van der Waals surface area (Å²) in [6.07, 6.45) is 6.56. The second-order valence-electron chi connectivity index (χ2n) is 9.14. The number of oxazole rings is 1. The number of rotatable bonds is 6. The number of sulfone groups is 1. The lowest BCUT2D eigenvalue weighted by molar-refractivity contribution is -0.0274. The highest BCUT2D eigenvalue weighted by Gasteiger charge is 2.38. The first-order valence-corrected chi connectivity index (χ1v) is 13.2. The fourth-order valence-corrected chi connectivity index (χ4v) is 6.21. The summed E-state index contributed by atoms with van der Waals surface area (Å²) in [6.45, 7) is 8.66. The number of likely N-dealkylation sites (tertiary alicyclic amines) is 1. The number of benzene rings is 1. The van der Waals surface area contributed by atoms with Gasteiger partial charge in [0.1, 0.15) is 0 Å². The van der Waals surface area contributed by atoms with Crippen LogP contribution in [0.25, 0.3) is 11.1 Å². The Balaban J connectivity index is 1.51. The predicted molar refractivity (Wildman–Crippen MR) is 120 cm³/mol. The molecule has 0 unspecified atom stereocenters. The summed E-state index contributed by atoms with van der Waals surface area (Å²) in [4.78, 5) is 15.5. The van der Waals surface area contributed by atoms with E-state index in [0.29, 0.717) is 17.2 Å². The molecule has 1 aromatic heterocycles. The van der Waals surface area contributed by atoms with Crippen LogP contribution in [0.2, 0.25) is 0 Å². The van der Waals surface area contributed by atoms with Crippen molar-refractivity contribution in [3.63, 3.8) is 0 Å². The highest BCUT2D eigenvalue weighted by atomic mass is 32.2. The van der Waals surface area contributed by atoms with Gasteiger partial charge in [-0.25, -0.2) is 13.2 Å². The van der Waals surface area contributed by atoms with Crippen LogP contribution in [0, 0.1) is 0 Å². The highest BCUT2D eigenvalue weighted by Crippen LogP contribution is 2.38. The molecule has 4 rings (SSSR count). The van der Waals surface area contributed by atoms with Crippen LogP contribution in [-0.2, 0) is 14.6 Å². The summed E-state index contributed by atoms with van der Waals surface area (Å²) in [5, 5.41) is 0. The highest BCUT2D eigenvalue weighted by molar-refractivity contribution is 7.91. The molecule has 1 saturated heterocycles. The molecule has 172 valence electrons. The van der Waals surface area contributed by atoms with E-state index in [2.05, 4.69) is 18.7 Å². The first-order valence-electron chi connectivity index (χ1n) is 11.5. The molecule has 0 N–H and O–H groups in total. The average Bonchev–Trinajstić information content (AvgIpc) is 3.10. The molecule has 1 aromatic carbocycles. The van der Waals surface area contributed by atoms with Crippen molar-refractivity contribution in [3.05, 3.63) is 28.7 Å². The normalized spacial score (nSPS) is 26.5. The van der Waals surface area contributed by atoms with Gasteiger partial charge < -0.3 is 9.15 Å². The number of ether oxygens (including phenoxy) is 1. The zero-order chi connectivity index (χ0) is 22.2. The predicted octanol–water partition coefficient (Wildman–Crippen LogP) is 3.76. The van der Waals surface area contributed by atoms with E-state index in [1.807, 2.05) is 0 Å². The van der Waals surface area contributed by atoms with E-state index >= 15 is 0 Å². The van der Waals surface area contributed by atoms with Crippen LogP contribution in [0.4, 0.5) is 0 Å². The lowest BCUT2D eigenvalue weighted by Crippen LogP contribution is -2.52. The van der Waals surface area contributed by atoms with Crippen LogP contribution in [-0.4, -0.2) is 55.0 Å². The Morgan fingerprint density at radius 3 is 2.42 bits per heavy atom. The van der Waals surface area contributed by atoms with E-state index < -0.39 is 15.6 Å². The Labute approximate surface area is 184 Å². The lowest BCUT2D eigenvalue weighted by atomic mass is 9.79. The number of fused-ring (bicyclic) bond motifs is 1. The average molecular weight is 451 g/mol. The van der Waals surface area contributed by atoms with Crippen LogP contribution in [0.5, 0.6) is 0 Å². The van der Waals surface area contributed by atoms with Gasteiger partial charge >= 0.3 is 5.76 Å². The van der Waals surface area contributed by atoms with Crippen molar-refractivity contribution in [1.82, 2.24) is 9.47 Å². The van der Waals surface area contributed by atoms with Crippen LogP contribution in [0.1, 0.15) is 65.3 Å². The molecule has 1 aliphatic heterocycles. The molecule has 7 nitrogen and oxygen atoms in total. The molecule has 1 aliphatic carbocycles. The summed E-state index contributed by atoms with van der Waals surface area (Å²) in [5.41, 5.74) is 1.22. The monoisotopic (exact) mass is 450 g/mol. The zero-order valence-corrected chi connectivity index (χ0v) is 19.6. The molecule has 1 saturated carbocycles. The van der Waals surface area contributed by atoms with Crippen molar-refractivity contribution in [3.8, 4) is 0 Å². The van der Waals surface area contributed by atoms with Crippen molar-refractivity contribution in [1.29, 1.82) is 0 Å². The molecule has 2 aromatic rings. The second kappa shape index (κ2) is 8.71. The lowest BCUT2D eigenvalue weighted by Gasteiger charge is -2.48. The fraction of sp³-hybridized carbons (Fsp3) is 0.696. The van der Waals surface area contributed by atoms with Crippen molar-refractivity contribution in [2.45, 2.75) is 81.9 Å². The third-order valence-corrected chi connectivity index (χ3v) is 9.06. The second-order valence-corrected chi connectivity index (χ2v) is 11.4. The molecule has 2 heterocycles. The zero-order valence-electron chi connectivity index (χ0n) is 18.8. The van der Waals surface area contributed by atoms with Crippen molar-refractivity contribution >= 4 is 20.9 Å². The van der Waals surface area contributed by atoms with E-state index in [4.69, 9.17) is 9.15 Å². The molecule has 0 bridgehead atoms. The molecule has 0 amide bonds. The van der Waals surface area contributed by atoms with E-state index in [0.717, 1.165) is 58.2 Å². The molecular formula is C23H34N2O5S. The van der Waals surface area contributed by atoms with Gasteiger partial charge in [0, 0.05) is 31.3 Å². The molecule has 0 spiro atoms. The Kier molecular flexibility index (Phi) is 6.34. The summed E-state index contributed by atoms with van der Waals surface area (Å²) >= 11 is 0. The molecule has 8 heteroatoms. The van der Waals surface area contributed by atoms with Gasteiger partial charge in [0.05, 0.1) is 22.3 Å². The van der Waals surface area contributed by atoms with Crippen LogP contribution >= 0.6 is 0 Å². The third-order valence-electron chi connectivity index (χ3n) is 7.33. The van der Waals surface area contributed by atoms with E-state index in [1.165, 1.54) is 6.07 Å². The molecule has 0 atom stereocenters. The molecule has 0 radical (unpaired) electrons. The van der Waals surface area contributed by atoms with Crippen LogP contribution in [0.15, 0.2) is 32.3 Å². The number of nitrogens with zero attached hydrogens (tertiary/aromatic N) is 2. The maximum absolute atomic E-state index is 12.6. The summed E-state index contributed by atoms with van der Waals surface area (Å²) in [5.74, 6) is -0.371. The van der Waals surface area contributed by atoms with Crippen LogP contribution < -0.4 is 5.76 Å². The third kappa shape index (κ3) is 4.34. The number of aromatic nitrogens is 1. The standard InChI is InChI=1S/C23H34N2O5S/c1-4-29-18-8-12-23(3,13-9-18)24-14-10-17(11-15-24)25-20-16-19(31(27,28)5-2)6-7-21(20)30-22(25)26/h6-7,16-18H,4-5,8-15H2,1-3H3. The number of hydrogen-bond donors (Lipinski definition) is 0. The van der Waals surface area contributed by atoms with Gasteiger partial charge in [0.2, 0.25) is 0 Å². The smallest absolute Gasteiger partial charge is 0.408 e. The maximum Gasteiger partial charge on any atom is 0.420 e. The van der Waals surface area contributed by atoms with Crippen molar-refractivity contribution in [2.24, 2.45) is 0 Å². The van der Waals surface area contributed by atoms with Gasteiger partial charge in [-0.05, 0) is 70.6 Å². The first-order chi connectivity index (χ1) is 14.8. The van der Waals surface area contributed by atoms with E-state index in [1.54, 1.807) is 23.6 Å². The van der Waals surface area contributed by atoms with E-state index in [9.17, 15) is 13.2 Å². The Bertz CT molecular complexity index is 1070. The van der Waals surface area contributed by atoms with Gasteiger partial charge in [-0.1, -0.05) is 6.92 Å². The minimum absolute atomic E-state index is 0.0212. The molecular weight excluding hydrogens is 416 g/mol. The van der Waals surface area contributed by atoms with Gasteiger partial charge in [-0.3, -0.25) is 9.47 Å². The topological polar surface area (TPSA) is 81.8 Å². The van der Waals surface area contributed by atoms with E-state index in [-0.39, 0.29) is 22.2 Å². The molecule has 2 fully saturated rings. The number of hydrogen-bond acceptors (Lipinski definition) is 6. The summed E-state index contributed by atoms with van der Waals surface area (Å²) in [6, 6.07) is 4.74. The first kappa shape index (κ1) is 22.6.